The normalized spacial score (nSPS) is 9.65. The van der Waals surface area contributed by atoms with Crippen molar-refractivity contribution >= 4 is 16.8 Å². The van der Waals surface area contributed by atoms with Gasteiger partial charge in [-0.2, -0.15) is 0 Å². The zero-order valence-electron chi connectivity index (χ0n) is 13.7. The van der Waals surface area contributed by atoms with E-state index in [0.717, 1.165) is 23.7 Å². The van der Waals surface area contributed by atoms with Crippen LogP contribution in [-0.2, 0) is 0 Å². The molecule has 0 amide bonds. The maximum absolute atomic E-state index is 5.41. The molecule has 0 radical (unpaired) electrons. The summed E-state index contributed by atoms with van der Waals surface area (Å²) in [5.41, 5.74) is 1.11. The van der Waals surface area contributed by atoms with Gasteiger partial charge in [-0.1, -0.05) is 55.1 Å². The van der Waals surface area contributed by atoms with Crippen LogP contribution < -0.4 is 9.47 Å². The SMILES string of the molecule is C=Cc1ccc(OC)cc1.CCOc1ccc2ccccc2c1. The average Bonchev–Trinajstić information content (AvgIpc) is 2.62. The van der Waals surface area contributed by atoms with Crippen molar-refractivity contribution in [3.05, 3.63) is 78.9 Å². The Bertz CT molecular complexity index is 745. The Morgan fingerprint density at radius 1 is 0.870 bits per heavy atom. The molecule has 0 spiro atoms. The quantitative estimate of drug-likeness (QED) is 0.626. The topological polar surface area (TPSA) is 18.5 Å². The number of ether oxygens (including phenoxy) is 2. The van der Waals surface area contributed by atoms with Crippen LogP contribution in [0.4, 0.5) is 0 Å². The Labute approximate surface area is 138 Å². The summed E-state index contributed by atoms with van der Waals surface area (Å²) in [5.74, 6) is 1.83. The highest BCUT2D eigenvalue weighted by atomic mass is 16.5. The van der Waals surface area contributed by atoms with Crippen molar-refractivity contribution in [1.82, 2.24) is 0 Å². The van der Waals surface area contributed by atoms with Gasteiger partial charge in [0.1, 0.15) is 11.5 Å². The lowest BCUT2D eigenvalue weighted by Crippen LogP contribution is -1.90. The lowest BCUT2D eigenvalue weighted by Gasteiger charge is -2.03. The Morgan fingerprint density at radius 2 is 1.52 bits per heavy atom. The molecule has 0 aliphatic carbocycles. The van der Waals surface area contributed by atoms with E-state index in [0.29, 0.717) is 0 Å². The summed E-state index contributed by atoms with van der Waals surface area (Å²) in [5, 5.41) is 2.49. The largest absolute Gasteiger partial charge is 0.497 e. The molecule has 0 saturated heterocycles. The lowest BCUT2D eigenvalue weighted by atomic mass is 10.1. The summed E-state index contributed by atoms with van der Waals surface area (Å²) in [6.07, 6.45) is 1.80. The van der Waals surface area contributed by atoms with Crippen molar-refractivity contribution in [2.24, 2.45) is 0 Å². The molecule has 118 valence electrons. The highest BCUT2D eigenvalue weighted by molar-refractivity contribution is 5.83. The number of fused-ring (bicyclic) bond motifs is 1. The minimum Gasteiger partial charge on any atom is -0.497 e. The number of hydrogen-bond donors (Lipinski definition) is 0. The number of benzene rings is 3. The minimum atomic E-state index is 0.721. The molecule has 0 unspecified atom stereocenters. The van der Waals surface area contributed by atoms with E-state index in [2.05, 4.69) is 30.8 Å². The summed E-state index contributed by atoms with van der Waals surface area (Å²) in [6, 6.07) is 22.2. The fourth-order valence-electron chi connectivity index (χ4n) is 2.16. The monoisotopic (exact) mass is 306 g/mol. The van der Waals surface area contributed by atoms with E-state index in [4.69, 9.17) is 9.47 Å². The molecule has 0 atom stereocenters. The molecule has 3 rings (SSSR count). The van der Waals surface area contributed by atoms with Crippen LogP contribution in [0.5, 0.6) is 11.5 Å². The second-order valence-corrected chi connectivity index (χ2v) is 4.92. The number of hydrogen-bond acceptors (Lipinski definition) is 2. The fraction of sp³-hybridized carbons (Fsp3) is 0.143. The first-order valence-electron chi connectivity index (χ1n) is 7.65. The first-order valence-corrected chi connectivity index (χ1v) is 7.65. The van der Waals surface area contributed by atoms with Gasteiger partial charge in [0.05, 0.1) is 13.7 Å². The third-order valence-electron chi connectivity index (χ3n) is 3.38. The van der Waals surface area contributed by atoms with Crippen molar-refractivity contribution in [3.63, 3.8) is 0 Å². The van der Waals surface area contributed by atoms with Crippen molar-refractivity contribution in [2.75, 3.05) is 13.7 Å². The molecule has 3 aromatic carbocycles. The van der Waals surface area contributed by atoms with E-state index < -0.39 is 0 Å². The predicted molar refractivity (Wildman–Crippen MR) is 98.2 cm³/mol. The fourth-order valence-corrected chi connectivity index (χ4v) is 2.16. The van der Waals surface area contributed by atoms with Gasteiger partial charge in [-0.3, -0.25) is 0 Å². The molecule has 0 saturated carbocycles. The Kier molecular flexibility index (Phi) is 6.25. The van der Waals surface area contributed by atoms with E-state index in [1.807, 2.05) is 49.4 Å². The van der Waals surface area contributed by atoms with Gasteiger partial charge in [0.25, 0.3) is 0 Å². The third kappa shape index (κ3) is 4.89. The van der Waals surface area contributed by atoms with E-state index in [9.17, 15) is 0 Å². The van der Waals surface area contributed by atoms with Crippen molar-refractivity contribution in [2.45, 2.75) is 6.92 Å². The van der Waals surface area contributed by atoms with E-state index >= 15 is 0 Å². The summed E-state index contributed by atoms with van der Waals surface area (Å²) >= 11 is 0. The smallest absolute Gasteiger partial charge is 0.119 e. The van der Waals surface area contributed by atoms with Crippen LogP contribution in [0.15, 0.2) is 73.3 Å². The first-order chi connectivity index (χ1) is 11.3. The molecular weight excluding hydrogens is 284 g/mol. The van der Waals surface area contributed by atoms with Crippen LogP contribution in [0, 0.1) is 0 Å². The highest BCUT2D eigenvalue weighted by Crippen LogP contribution is 2.20. The maximum Gasteiger partial charge on any atom is 0.119 e. The predicted octanol–water partition coefficient (Wildman–Crippen LogP) is 5.58. The number of rotatable bonds is 4. The standard InChI is InChI=1S/C12H12O.C9H10O/c1-2-13-12-8-7-10-5-3-4-6-11(10)9-12;1-3-8-4-6-9(10-2)7-5-8/h3-9H,2H2,1H3;3-7H,1H2,2H3. The van der Waals surface area contributed by atoms with Crippen LogP contribution in [-0.4, -0.2) is 13.7 Å². The van der Waals surface area contributed by atoms with E-state index in [1.165, 1.54) is 10.8 Å². The molecule has 0 N–H and O–H groups in total. The minimum absolute atomic E-state index is 0.721. The van der Waals surface area contributed by atoms with Gasteiger partial charge in [0.15, 0.2) is 0 Å². The molecule has 23 heavy (non-hydrogen) atoms. The van der Waals surface area contributed by atoms with Crippen LogP contribution in [0.2, 0.25) is 0 Å². The van der Waals surface area contributed by atoms with E-state index in [1.54, 1.807) is 13.2 Å². The molecule has 3 aromatic rings. The molecule has 0 aliphatic heterocycles. The van der Waals surface area contributed by atoms with Crippen LogP contribution in [0.3, 0.4) is 0 Å². The van der Waals surface area contributed by atoms with Gasteiger partial charge in [-0.25, -0.2) is 0 Å². The van der Waals surface area contributed by atoms with E-state index in [-0.39, 0.29) is 0 Å². The molecule has 2 heteroatoms. The van der Waals surface area contributed by atoms with Crippen LogP contribution in [0.25, 0.3) is 16.8 Å². The number of methoxy groups -OCH3 is 1. The Balaban J connectivity index is 0.000000174. The molecule has 0 bridgehead atoms. The zero-order chi connectivity index (χ0) is 16.5. The van der Waals surface area contributed by atoms with Crippen LogP contribution >= 0.6 is 0 Å². The van der Waals surface area contributed by atoms with Crippen molar-refractivity contribution < 1.29 is 9.47 Å². The third-order valence-corrected chi connectivity index (χ3v) is 3.38. The molecular formula is C21H22O2. The Morgan fingerprint density at radius 3 is 2.13 bits per heavy atom. The molecule has 0 aliphatic rings. The second kappa shape index (κ2) is 8.64. The van der Waals surface area contributed by atoms with Gasteiger partial charge in [0, 0.05) is 0 Å². The second-order valence-electron chi connectivity index (χ2n) is 4.92. The first kappa shape index (κ1) is 16.6. The highest BCUT2D eigenvalue weighted by Gasteiger charge is 1.94. The average molecular weight is 306 g/mol. The van der Waals surface area contributed by atoms with Gasteiger partial charge in [-0.05, 0) is 47.5 Å². The molecule has 0 heterocycles. The summed E-state index contributed by atoms with van der Waals surface area (Å²) in [7, 11) is 1.66. The van der Waals surface area contributed by atoms with Crippen molar-refractivity contribution in [1.29, 1.82) is 0 Å². The van der Waals surface area contributed by atoms with Gasteiger partial charge in [0.2, 0.25) is 0 Å². The van der Waals surface area contributed by atoms with Gasteiger partial charge < -0.3 is 9.47 Å². The zero-order valence-corrected chi connectivity index (χ0v) is 13.7. The van der Waals surface area contributed by atoms with Crippen LogP contribution in [0.1, 0.15) is 12.5 Å². The summed E-state index contributed by atoms with van der Waals surface area (Å²) in [6.45, 7) is 6.36. The van der Waals surface area contributed by atoms with Gasteiger partial charge >= 0.3 is 0 Å². The summed E-state index contributed by atoms with van der Waals surface area (Å²) in [4.78, 5) is 0. The molecule has 0 aromatic heterocycles. The lowest BCUT2D eigenvalue weighted by molar-refractivity contribution is 0.341. The molecule has 2 nitrogen and oxygen atoms in total. The summed E-state index contributed by atoms with van der Waals surface area (Å²) < 4.78 is 10.4. The molecule has 0 fully saturated rings. The Hall–Kier alpha value is -2.74. The van der Waals surface area contributed by atoms with Gasteiger partial charge in [-0.15, -0.1) is 0 Å². The van der Waals surface area contributed by atoms with Crippen molar-refractivity contribution in [3.8, 4) is 11.5 Å². The maximum atomic E-state index is 5.41.